The predicted molar refractivity (Wildman–Crippen MR) is 98.5 cm³/mol. The Morgan fingerprint density at radius 3 is 2.19 bits per heavy atom. The van der Waals surface area contributed by atoms with Crippen LogP contribution in [0, 0.1) is 5.92 Å². The predicted octanol–water partition coefficient (Wildman–Crippen LogP) is 3.18. The van der Waals surface area contributed by atoms with Gasteiger partial charge in [0.15, 0.2) is 9.84 Å². The largest absolute Gasteiger partial charge is 0.464 e. The van der Waals surface area contributed by atoms with Gasteiger partial charge in [-0.15, -0.1) is 0 Å². The molecule has 2 unspecified atom stereocenters. The van der Waals surface area contributed by atoms with E-state index in [9.17, 15) is 18.0 Å². The first-order valence-electron chi connectivity index (χ1n) is 8.86. The summed E-state index contributed by atoms with van der Waals surface area (Å²) >= 11 is 0. The highest BCUT2D eigenvalue weighted by Crippen LogP contribution is 2.31. The number of hydrogen-bond acceptors (Lipinski definition) is 5. The van der Waals surface area contributed by atoms with Crippen molar-refractivity contribution in [3.05, 3.63) is 0 Å². The first-order valence-corrected chi connectivity index (χ1v) is 10.5. The molecule has 1 aliphatic rings. The van der Waals surface area contributed by atoms with Crippen LogP contribution in [0.4, 0.5) is 9.59 Å². The number of nitrogens with one attached hydrogen (secondary N) is 1. The Labute approximate surface area is 156 Å². The van der Waals surface area contributed by atoms with Crippen molar-refractivity contribution in [1.82, 2.24) is 10.4 Å². The van der Waals surface area contributed by atoms with Gasteiger partial charge in [-0.1, -0.05) is 6.42 Å². The maximum absolute atomic E-state index is 12.5. The van der Waals surface area contributed by atoms with Crippen molar-refractivity contribution in [2.75, 3.05) is 5.75 Å². The number of carboxylic acid groups (broad SMARTS) is 1. The minimum Gasteiger partial charge on any atom is -0.464 e. The molecule has 0 saturated heterocycles. The van der Waals surface area contributed by atoms with Crippen LogP contribution >= 0.6 is 0 Å². The van der Waals surface area contributed by atoms with E-state index in [4.69, 9.17) is 9.84 Å². The van der Waals surface area contributed by atoms with E-state index in [1.165, 1.54) is 0 Å². The molecule has 9 heteroatoms. The number of ether oxygens (including phenoxy) is 1. The zero-order valence-corrected chi connectivity index (χ0v) is 17.4. The van der Waals surface area contributed by atoms with Crippen LogP contribution < -0.4 is 5.43 Å². The van der Waals surface area contributed by atoms with Crippen molar-refractivity contribution in [3.8, 4) is 0 Å². The van der Waals surface area contributed by atoms with Crippen LogP contribution in [0.2, 0.25) is 0 Å². The van der Waals surface area contributed by atoms with E-state index in [1.807, 2.05) is 0 Å². The molecular formula is C17H32N2O6S. The number of hydrogen-bond donors (Lipinski definition) is 2. The Bertz CT molecular complexity index is 618. The van der Waals surface area contributed by atoms with Gasteiger partial charge in [0.2, 0.25) is 0 Å². The second-order valence-electron chi connectivity index (χ2n) is 8.85. The molecule has 0 bridgehead atoms. The highest BCUT2D eigenvalue weighted by Gasteiger charge is 2.37. The maximum atomic E-state index is 12.5. The van der Waals surface area contributed by atoms with Crippen molar-refractivity contribution >= 4 is 22.0 Å². The SMILES string of the molecule is CC(C)(C)OC(=O)N(NC(=O)O)C1CCCC(CS(=O)(=O)C(C)(C)C)C1. The third-order valence-corrected chi connectivity index (χ3v) is 7.09. The molecule has 0 aromatic rings. The summed E-state index contributed by atoms with van der Waals surface area (Å²) in [6.07, 6.45) is 0.321. The van der Waals surface area contributed by atoms with Crippen LogP contribution in [0.25, 0.3) is 0 Å². The number of carbonyl (C=O) groups excluding carboxylic acids is 1. The van der Waals surface area contributed by atoms with Crippen molar-refractivity contribution in [1.29, 1.82) is 0 Å². The Balaban J connectivity index is 2.91. The van der Waals surface area contributed by atoms with Crippen molar-refractivity contribution in [3.63, 3.8) is 0 Å². The van der Waals surface area contributed by atoms with E-state index < -0.39 is 38.4 Å². The van der Waals surface area contributed by atoms with Gasteiger partial charge in [0.25, 0.3) is 0 Å². The molecule has 0 heterocycles. The molecule has 0 aromatic carbocycles. The van der Waals surface area contributed by atoms with Crippen LogP contribution in [0.5, 0.6) is 0 Å². The average Bonchev–Trinajstić information content (AvgIpc) is 2.41. The molecule has 152 valence electrons. The molecule has 26 heavy (non-hydrogen) atoms. The van der Waals surface area contributed by atoms with Crippen LogP contribution in [0.3, 0.4) is 0 Å². The van der Waals surface area contributed by atoms with Gasteiger partial charge in [-0.25, -0.2) is 28.4 Å². The topological polar surface area (TPSA) is 113 Å². The van der Waals surface area contributed by atoms with Crippen LogP contribution in [0.15, 0.2) is 0 Å². The van der Waals surface area contributed by atoms with Crippen molar-refractivity contribution in [2.24, 2.45) is 5.92 Å². The third-order valence-electron chi connectivity index (χ3n) is 4.31. The molecule has 1 aliphatic carbocycles. The van der Waals surface area contributed by atoms with Gasteiger partial charge in [-0.2, -0.15) is 0 Å². The minimum absolute atomic E-state index is 0.0300. The molecule has 0 spiro atoms. The fourth-order valence-corrected chi connectivity index (χ4v) is 4.33. The van der Waals surface area contributed by atoms with Gasteiger partial charge < -0.3 is 9.84 Å². The molecule has 2 N–H and O–H groups in total. The zero-order valence-electron chi connectivity index (χ0n) is 16.5. The lowest BCUT2D eigenvalue weighted by Gasteiger charge is -2.37. The number of amides is 2. The van der Waals surface area contributed by atoms with Gasteiger partial charge in [-0.05, 0) is 66.7 Å². The standard InChI is InChI=1S/C17H32N2O6S/c1-16(2,3)25-15(22)19(18-14(20)21)13-9-7-8-12(10-13)11-26(23,24)17(4,5)6/h12-13,18H,7-11H2,1-6H3,(H,20,21). The van der Waals surface area contributed by atoms with E-state index in [0.717, 1.165) is 17.9 Å². The second-order valence-corrected chi connectivity index (χ2v) is 11.6. The molecule has 1 saturated carbocycles. The number of carbonyl (C=O) groups is 2. The minimum atomic E-state index is -3.29. The van der Waals surface area contributed by atoms with Gasteiger partial charge >= 0.3 is 12.2 Å². The highest BCUT2D eigenvalue weighted by atomic mass is 32.2. The molecule has 8 nitrogen and oxygen atoms in total. The number of rotatable bonds is 3. The monoisotopic (exact) mass is 392 g/mol. The summed E-state index contributed by atoms with van der Waals surface area (Å²) in [5.41, 5.74) is 1.35. The summed E-state index contributed by atoms with van der Waals surface area (Å²) in [4.78, 5) is 23.5. The normalized spacial score (nSPS) is 21.8. The fraction of sp³-hybridized carbons (Fsp3) is 0.882. The maximum Gasteiger partial charge on any atom is 0.429 e. The Morgan fingerprint density at radius 2 is 1.73 bits per heavy atom. The Hall–Kier alpha value is -1.51. The zero-order chi connectivity index (χ0) is 20.3. The lowest BCUT2D eigenvalue weighted by Crippen LogP contribution is -2.54. The fourth-order valence-electron chi connectivity index (χ4n) is 2.91. The van der Waals surface area contributed by atoms with E-state index in [2.05, 4.69) is 5.43 Å². The molecule has 1 rings (SSSR count). The Morgan fingerprint density at radius 1 is 1.15 bits per heavy atom. The Kier molecular flexibility index (Phi) is 6.95. The summed E-state index contributed by atoms with van der Waals surface area (Å²) in [6.45, 7) is 10.1. The third kappa shape index (κ3) is 6.66. The summed E-state index contributed by atoms with van der Waals surface area (Å²) < 4.78 is 29.4. The smallest absolute Gasteiger partial charge is 0.429 e. The molecule has 1 fully saturated rings. The number of hydrazine groups is 1. The first kappa shape index (κ1) is 22.5. The lowest BCUT2D eigenvalue weighted by molar-refractivity contribution is -0.00439. The van der Waals surface area contributed by atoms with E-state index in [0.29, 0.717) is 12.8 Å². The summed E-state index contributed by atoms with van der Waals surface area (Å²) in [5, 5.41) is 10.1. The van der Waals surface area contributed by atoms with E-state index in [1.54, 1.807) is 41.5 Å². The number of nitrogens with zero attached hydrogens (tertiary/aromatic N) is 1. The van der Waals surface area contributed by atoms with Gasteiger partial charge in [0.1, 0.15) is 5.60 Å². The van der Waals surface area contributed by atoms with Crippen LogP contribution in [-0.2, 0) is 14.6 Å². The lowest BCUT2D eigenvalue weighted by atomic mass is 9.86. The van der Waals surface area contributed by atoms with E-state index in [-0.39, 0.29) is 11.7 Å². The van der Waals surface area contributed by atoms with Crippen LogP contribution in [0.1, 0.15) is 67.2 Å². The van der Waals surface area contributed by atoms with E-state index >= 15 is 0 Å². The van der Waals surface area contributed by atoms with Gasteiger partial charge in [0, 0.05) is 0 Å². The molecular weight excluding hydrogens is 360 g/mol. The van der Waals surface area contributed by atoms with Gasteiger partial charge in [0.05, 0.1) is 16.5 Å². The summed E-state index contributed by atoms with van der Waals surface area (Å²) in [6, 6.07) is -0.435. The number of sulfone groups is 1. The van der Waals surface area contributed by atoms with Crippen molar-refractivity contribution in [2.45, 2.75) is 83.6 Å². The molecule has 0 aromatic heterocycles. The summed E-state index contributed by atoms with van der Waals surface area (Å²) in [7, 11) is -3.29. The average molecular weight is 393 g/mol. The molecule has 2 amide bonds. The summed E-state index contributed by atoms with van der Waals surface area (Å²) in [5.74, 6) is -0.0964. The second kappa shape index (κ2) is 8.02. The quantitative estimate of drug-likeness (QED) is 0.713. The van der Waals surface area contributed by atoms with Gasteiger partial charge in [-0.3, -0.25) is 0 Å². The molecule has 0 radical (unpaired) electrons. The van der Waals surface area contributed by atoms with Crippen molar-refractivity contribution < 1.29 is 27.9 Å². The van der Waals surface area contributed by atoms with Crippen LogP contribution in [-0.4, -0.2) is 52.9 Å². The molecule has 2 atom stereocenters. The molecule has 0 aliphatic heterocycles. The highest BCUT2D eigenvalue weighted by molar-refractivity contribution is 7.92. The first-order chi connectivity index (χ1) is 11.6.